The van der Waals surface area contributed by atoms with Crippen LogP contribution in [0, 0.1) is 10.1 Å². The molecular formula is C21H24N6O5S. The lowest BCUT2D eigenvalue weighted by Gasteiger charge is -2.35. The Morgan fingerprint density at radius 1 is 1.09 bits per heavy atom. The number of anilines is 1. The van der Waals surface area contributed by atoms with Crippen LogP contribution in [-0.4, -0.2) is 71.6 Å². The van der Waals surface area contributed by atoms with Crippen LogP contribution in [-0.2, 0) is 14.8 Å². The smallest absolute Gasteiger partial charge is 0.270 e. The molecule has 5 rings (SSSR count). The number of aromatic nitrogens is 3. The summed E-state index contributed by atoms with van der Waals surface area (Å²) in [6.07, 6.45) is 3.65. The van der Waals surface area contributed by atoms with Crippen molar-refractivity contribution in [2.45, 2.75) is 23.7 Å². The van der Waals surface area contributed by atoms with E-state index in [0.29, 0.717) is 32.0 Å². The van der Waals surface area contributed by atoms with Crippen molar-refractivity contribution < 1.29 is 18.1 Å². The van der Waals surface area contributed by atoms with Gasteiger partial charge in [-0.05, 0) is 31.0 Å². The van der Waals surface area contributed by atoms with Crippen LogP contribution in [0.2, 0.25) is 0 Å². The molecule has 2 aliphatic heterocycles. The number of sulfonamides is 1. The number of nitro benzene ring substituents is 1. The maximum Gasteiger partial charge on any atom is 0.270 e. The monoisotopic (exact) mass is 472 g/mol. The molecule has 0 N–H and O–H groups in total. The second kappa shape index (κ2) is 8.69. The Hall–Kier alpha value is -3.09. The second-order valence-corrected chi connectivity index (χ2v) is 10.1. The van der Waals surface area contributed by atoms with E-state index in [-0.39, 0.29) is 29.6 Å². The van der Waals surface area contributed by atoms with Gasteiger partial charge < -0.3 is 9.64 Å². The van der Waals surface area contributed by atoms with Gasteiger partial charge in [-0.25, -0.2) is 8.42 Å². The number of hydrogen-bond donors (Lipinski definition) is 0. The number of hydrogen-bond acceptors (Lipinski definition) is 8. The fraction of sp³-hybridized carbons (Fsp3) is 0.429. The molecule has 0 saturated carbocycles. The molecule has 33 heavy (non-hydrogen) atoms. The van der Waals surface area contributed by atoms with Gasteiger partial charge in [-0.2, -0.15) is 4.31 Å². The van der Waals surface area contributed by atoms with Gasteiger partial charge >= 0.3 is 0 Å². The van der Waals surface area contributed by atoms with E-state index in [4.69, 9.17) is 4.74 Å². The summed E-state index contributed by atoms with van der Waals surface area (Å²) in [5.41, 5.74) is 0.990. The van der Waals surface area contributed by atoms with Crippen LogP contribution in [0.5, 0.6) is 0 Å². The number of rotatable bonds is 5. The minimum atomic E-state index is -3.93. The Kier molecular flexibility index (Phi) is 5.72. The van der Waals surface area contributed by atoms with Crippen molar-refractivity contribution in [1.82, 2.24) is 18.9 Å². The predicted octanol–water partition coefficient (Wildman–Crippen LogP) is 2.04. The number of non-ortho nitro benzene ring substituents is 1. The number of morpholine rings is 1. The molecule has 0 amide bonds. The molecular weight excluding hydrogens is 448 g/mol. The van der Waals surface area contributed by atoms with Gasteiger partial charge in [0.15, 0.2) is 5.65 Å². The first-order chi connectivity index (χ1) is 15.9. The van der Waals surface area contributed by atoms with Gasteiger partial charge in [0.25, 0.3) is 5.69 Å². The third-order valence-electron chi connectivity index (χ3n) is 6.21. The summed E-state index contributed by atoms with van der Waals surface area (Å²) in [5, 5.41) is 20.1. The average molecular weight is 473 g/mol. The summed E-state index contributed by atoms with van der Waals surface area (Å²) in [7, 11) is -3.93. The van der Waals surface area contributed by atoms with Crippen molar-refractivity contribution in [3.8, 4) is 0 Å². The average Bonchev–Trinajstić information content (AvgIpc) is 3.28. The number of benzene rings is 1. The minimum absolute atomic E-state index is 0.0367. The number of nitrogens with zero attached hydrogens (tertiary/aromatic N) is 6. The van der Waals surface area contributed by atoms with Crippen molar-refractivity contribution >= 4 is 27.0 Å². The van der Waals surface area contributed by atoms with E-state index in [1.807, 2.05) is 33.7 Å². The van der Waals surface area contributed by atoms with Crippen molar-refractivity contribution in [3.05, 3.63) is 58.5 Å². The first-order valence-electron chi connectivity index (χ1n) is 10.9. The molecule has 12 heteroatoms. The molecule has 1 unspecified atom stereocenters. The topological polar surface area (TPSA) is 123 Å². The lowest BCUT2D eigenvalue weighted by atomic mass is 9.96. The predicted molar refractivity (Wildman–Crippen MR) is 120 cm³/mol. The molecule has 0 spiro atoms. The quantitative estimate of drug-likeness (QED) is 0.408. The zero-order chi connectivity index (χ0) is 23.0. The van der Waals surface area contributed by atoms with Crippen molar-refractivity contribution in [2.75, 3.05) is 44.3 Å². The van der Waals surface area contributed by atoms with Gasteiger partial charge in [0.05, 0.1) is 23.8 Å². The number of fused-ring (bicyclic) bond motifs is 1. The highest BCUT2D eigenvalue weighted by atomic mass is 32.2. The number of nitro groups is 1. The van der Waals surface area contributed by atoms with Crippen LogP contribution in [0.15, 0.2) is 47.5 Å². The SMILES string of the molecule is O=[N+]([O-])c1ccc(N2CCCC(c3nnc4ccccn34)C2)c(S(=O)(=O)N2CCOCC2)c1. The van der Waals surface area contributed by atoms with Gasteiger partial charge in [-0.3, -0.25) is 14.5 Å². The molecule has 174 valence electrons. The van der Waals surface area contributed by atoms with Crippen LogP contribution in [0.25, 0.3) is 5.65 Å². The molecule has 0 aliphatic carbocycles. The van der Waals surface area contributed by atoms with E-state index in [1.54, 1.807) is 6.07 Å². The van der Waals surface area contributed by atoms with Gasteiger partial charge in [-0.15, -0.1) is 10.2 Å². The normalized spacial score (nSPS) is 20.2. The number of pyridine rings is 1. The molecule has 0 bridgehead atoms. The number of piperidine rings is 1. The van der Waals surface area contributed by atoms with Gasteiger partial charge in [0.1, 0.15) is 10.7 Å². The summed E-state index contributed by atoms with van der Waals surface area (Å²) in [6, 6.07) is 9.81. The second-order valence-electron chi connectivity index (χ2n) is 8.20. The Morgan fingerprint density at radius 3 is 2.70 bits per heavy atom. The summed E-state index contributed by atoms with van der Waals surface area (Å²) in [6.45, 7) is 2.23. The summed E-state index contributed by atoms with van der Waals surface area (Å²) in [4.78, 5) is 12.8. The molecule has 2 saturated heterocycles. The molecule has 11 nitrogen and oxygen atoms in total. The molecule has 3 aromatic rings. The first-order valence-corrected chi connectivity index (χ1v) is 12.3. The fourth-order valence-electron chi connectivity index (χ4n) is 4.56. The zero-order valence-electron chi connectivity index (χ0n) is 17.9. The summed E-state index contributed by atoms with van der Waals surface area (Å²) >= 11 is 0. The Bertz CT molecular complexity index is 1290. The van der Waals surface area contributed by atoms with Crippen molar-refractivity contribution in [2.24, 2.45) is 0 Å². The fourth-order valence-corrected chi connectivity index (χ4v) is 6.19. The van der Waals surface area contributed by atoms with Crippen LogP contribution in [0.4, 0.5) is 11.4 Å². The van der Waals surface area contributed by atoms with Crippen LogP contribution in [0.1, 0.15) is 24.6 Å². The van der Waals surface area contributed by atoms with Crippen molar-refractivity contribution in [1.29, 1.82) is 0 Å². The van der Waals surface area contributed by atoms with Crippen molar-refractivity contribution in [3.63, 3.8) is 0 Å². The lowest BCUT2D eigenvalue weighted by Crippen LogP contribution is -2.42. The molecule has 0 radical (unpaired) electrons. The largest absolute Gasteiger partial charge is 0.379 e. The molecule has 4 heterocycles. The van der Waals surface area contributed by atoms with E-state index >= 15 is 0 Å². The highest BCUT2D eigenvalue weighted by molar-refractivity contribution is 7.89. The Balaban J connectivity index is 1.52. The van der Waals surface area contributed by atoms with E-state index in [0.717, 1.165) is 24.3 Å². The van der Waals surface area contributed by atoms with E-state index in [1.165, 1.54) is 16.4 Å². The molecule has 1 atom stereocenters. The third-order valence-corrected chi connectivity index (χ3v) is 8.14. The zero-order valence-corrected chi connectivity index (χ0v) is 18.7. The Labute approximate surface area is 190 Å². The molecule has 2 aliphatic rings. The van der Waals surface area contributed by atoms with E-state index in [9.17, 15) is 18.5 Å². The van der Waals surface area contributed by atoms with Gasteiger partial charge in [0.2, 0.25) is 10.0 Å². The Morgan fingerprint density at radius 2 is 1.91 bits per heavy atom. The van der Waals surface area contributed by atoms with Crippen LogP contribution >= 0.6 is 0 Å². The highest BCUT2D eigenvalue weighted by Crippen LogP contribution is 2.36. The molecule has 2 fully saturated rings. The van der Waals surface area contributed by atoms with E-state index < -0.39 is 14.9 Å². The van der Waals surface area contributed by atoms with Gasteiger partial charge in [0, 0.05) is 50.4 Å². The maximum atomic E-state index is 13.5. The lowest BCUT2D eigenvalue weighted by molar-refractivity contribution is -0.385. The van der Waals surface area contributed by atoms with Gasteiger partial charge in [-0.1, -0.05) is 6.07 Å². The first kappa shape index (κ1) is 21.7. The van der Waals surface area contributed by atoms with Crippen LogP contribution in [0.3, 0.4) is 0 Å². The molecule has 2 aromatic heterocycles. The standard InChI is InChI=1S/C21H24N6O5S/c28-27(29)17-6-7-18(19(14-17)33(30,31)25-10-12-32-13-11-25)24-8-3-4-16(15-24)21-23-22-20-5-1-2-9-26(20)21/h1-2,5-7,9,14,16H,3-4,8,10-13,15H2. The third kappa shape index (κ3) is 4.05. The van der Waals surface area contributed by atoms with Crippen LogP contribution < -0.4 is 4.90 Å². The summed E-state index contributed by atoms with van der Waals surface area (Å²) < 4.78 is 35.6. The summed E-state index contributed by atoms with van der Waals surface area (Å²) in [5.74, 6) is 0.875. The molecule has 1 aromatic carbocycles. The van der Waals surface area contributed by atoms with E-state index in [2.05, 4.69) is 10.2 Å². The number of ether oxygens (including phenoxy) is 1. The maximum absolute atomic E-state index is 13.5. The minimum Gasteiger partial charge on any atom is -0.379 e. The highest BCUT2D eigenvalue weighted by Gasteiger charge is 2.34.